The Bertz CT molecular complexity index is 8410. The molecule has 0 fully saturated rings. The first-order chi connectivity index (χ1) is 67.0. The van der Waals surface area contributed by atoms with E-state index in [-0.39, 0.29) is 81.8 Å². The van der Waals surface area contributed by atoms with Crippen molar-refractivity contribution in [2.75, 3.05) is 0 Å². The number of nitrogens with zero attached hydrogens (tertiary/aromatic N) is 11. The predicted octanol–water partition coefficient (Wildman–Crippen LogP) is 18.0. The molecule has 27 nitrogen and oxygen atoms in total. The maximum atomic E-state index is 13.5. The number of nitrogens with one attached hydrogen (secondary N) is 4. The number of aromatic carboxylic acids is 1. The second-order valence-corrected chi connectivity index (χ2v) is 36.2. The fraction of sp³-hybridized carbons (Fsp3) is 0.0673. The number of pyridine rings is 7. The van der Waals surface area contributed by atoms with Crippen molar-refractivity contribution in [2.45, 2.75) is 57.2 Å². The molecule has 1 amide bonds. The van der Waals surface area contributed by atoms with Crippen molar-refractivity contribution in [3.05, 3.63) is 450 Å². The van der Waals surface area contributed by atoms with E-state index in [1.54, 1.807) is 140 Å². The minimum Gasteiger partial charge on any atom is -0.477 e. The number of aromatic nitrogens is 12. The normalized spacial score (nSPS) is 10.7. The molecule has 12 aromatic heterocycles. The number of halogens is 6. The summed E-state index contributed by atoms with van der Waals surface area (Å²) in [6, 6.07) is 78.1. The van der Waals surface area contributed by atoms with Gasteiger partial charge in [0.15, 0.2) is 34.6 Å². The van der Waals surface area contributed by atoms with Gasteiger partial charge in [0, 0.05) is 157 Å². The van der Waals surface area contributed by atoms with Crippen LogP contribution in [-0.4, -0.2) is 125 Å². The summed E-state index contributed by atoms with van der Waals surface area (Å²) >= 11 is 6.76. The molecule has 142 heavy (non-hydrogen) atoms. The van der Waals surface area contributed by atoms with E-state index in [0.717, 1.165) is 111 Å². The molecule has 0 unspecified atom stereocenters. The van der Waals surface area contributed by atoms with Crippen LogP contribution in [0, 0.1) is 59.8 Å². The third kappa shape index (κ3) is 25.8. The fourth-order valence-electron chi connectivity index (χ4n) is 14.4. The quantitative estimate of drug-likeness (QED) is 0.0310. The largest absolute Gasteiger partial charge is 0.488 e. The molecule has 0 bridgehead atoms. The van der Waals surface area contributed by atoms with Crippen molar-refractivity contribution in [1.29, 1.82) is 10.5 Å². The van der Waals surface area contributed by atoms with Crippen molar-refractivity contribution in [3.8, 4) is 45.5 Å². The molecule has 9 N–H and O–H groups in total. The van der Waals surface area contributed by atoms with E-state index in [9.17, 15) is 53.6 Å². The van der Waals surface area contributed by atoms with Crippen molar-refractivity contribution < 1.29 is 75.6 Å². The number of H-pyrrole nitrogens is 3. The molecular weight excluding hydrogens is 2050 g/mol. The van der Waals surface area contributed by atoms with Gasteiger partial charge in [-0.25, -0.2) is 72.1 Å². The monoisotopic (exact) mass is 2130 g/mol. The second-order valence-electron chi connectivity index (χ2n) is 30.8. The molecule has 1 radical (unpaired) electrons. The summed E-state index contributed by atoms with van der Waals surface area (Å²) in [7, 11) is -8.93. The van der Waals surface area contributed by atoms with Gasteiger partial charge in [-0.2, -0.15) is 10.5 Å². The van der Waals surface area contributed by atoms with Gasteiger partial charge in [0.2, 0.25) is 0 Å². The molecule has 0 saturated heterocycles. The summed E-state index contributed by atoms with van der Waals surface area (Å²) in [4.78, 5) is 79.2. The SMILES string of the molecule is Brc1c[nH]c2ncccc12.C.Cc1ccc(S(=O)(=O)n2cc(-c3cccc(C#N)c3)c3cccnc32)cc1.Cc1ccc(S(=O)(=O)n2cc(Br)c3cccnc32)cc1.N#Cc1cccc(B(O)O)c1.NCc1cccc(-c2c[nH]c3ncccc23)c1.O=C(NCc1cccc(-c2c[nH]c3ncccc23)c1)c1cccn(Cc2ccc(F)c(F)c2)c1=O.O=C(O)c1cccn(Cc2ccc(F)c(F)c2)c1=O.[AlH2].[Ni]. The Balaban J connectivity index is 0.000000163. The van der Waals surface area contributed by atoms with Crippen LogP contribution in [0.1, 0.15) is 72.7 Å². The molecule has 20 aromatic rings. The summed E-state index contributed by atoms with van der Waals surface area (Å²) in [5.74, 6) is -5.79. The number of carboxylic acid groups (broad SMARTS) is 1. The van der Waals surface area contributed by atoms with E-state index in [4.69, 9.17) is 31.4 Å². The topological polar surface area (TPSA) is 414 Å². The standard InChI is InChI=1S/C27H20F2N4O2.C21H15N3O2S.C14H11BrN2O2S.C14H13N3.C13H9F2NO3.C7H6BNO2.C7H5BrN2.CH4.Al.Ni.2H/c28-23-9-8-18(13-24(23)29)16-33-11-3-7-21(27(33)35)26(34)32-14-17-4-1-5-19(12-17)22-15-31-25-20(22)6-2-10-30-25;1-15-7-9-18(10-8-15)27(25,26)24-14-20(19-6-3-11-23-21(19)24)17-5-2-4-16(12-17)13-22;1-10-4-6-11(7-5-10)20(18,19)17-9-13(15)12-3-2-8-16-14(12)17;15-8-10-3-1-4-11(7-10)13-9-17-14-12(13)5-2-6-16-14;14-10-4-3-8(6-11(10)15)7-16-5-1-2-9(12(16)17)13(18)19;9-5-6-2-1-3-7(4-6)8(10)11;8-6-4-10-7-5(6)2-1-3-9-7;;;;;/h1-13,15H,14,16H2,(H,30,31)(H,32,34);2-12,14H,1H3;2-9H,1H3;1-7,9H,8,15H2,(H,16,17);1-6H,7H2,(H,18,19);1-4,10-11H;1-4H,(H,9,10);1H4;;;;. The van der Waals surface area contributed by atoms with E-state index in [0.29, 0.717) is 61.0 Å². The summed E-state index contributed by atoms with van der Waals surface area (Å²) in [6.07, 6.45) is 20.2. The number of carbonyl (C=O) groups excluding carboxylic acids is 1. The Morgan fingerprint density at radius 3 is 1.37 bits per heavy atom. The first-order valence-electron chi connectivity index (χ1n) is 42.2. The van der Waals surface area contributed by atoms with Crippen LogP contribution in [0.4, 0.5) is 17.6 Å². The van der Waals surface area contributed by atoms with Crippen LogP contribution < -0.4 is 27.6 Å². The van der Waals surface area contributed by atoms with Gasteiger partial charge in [-0.1, -0.05) is 116 Å². The number of amides is 1. The van der Waals surface area contributed by atoms with Crippen LogP contribution in [0.3, 0.4) is 0 Å². The Kier molecular flexibility index (Phi) is 36.9. The van der Waals surface area contributed by atoms with E-state index < -0.39 is 73.4 Å². The Morgan fingerprint density at radius 1 is 0.458 bits per heavy atom. The zero-order valence-electron chi connectivity index (χ0n) is 74.7. The summed E-state index contributed by atoms with van der Waals surface area (Å²) in [5, 5.41) is 51.3. The third-order valence-electron chi connectivity index (χ3n) is 21.4. The van der Waals surface area contributed by atoms with Gasteiger partial charge in [0.05, 0.1) is 46.1 Å². The van der Waals surface area contributed by atoms with Crippen LogP contribution in [0.15, 0.2) is 370 Å². The molecule has 0 spiro atoms. The number of aryl methyl sites for hydroxylation is 2. The molecule has 38 heteroatoms. The number of benzene rings is 8. The van der Waals surface area contributed by atoms with Crippen molar-refractivity contribution in [1.82, 2.24) is 62.3 Å². The van der Waals surface area contributed by atoms with Gasteiger partial charge in [0.25, 0.3) is 37.1 Å². The number of hydrogen-bond donors (Lipinski definition) is 8. The molecule has 0 aliphatic heterocycles. The first kappa shape index (κ1) is 107. The Morgan fingerprint density at radius 2 is 0.880 bits per heavy atom. The van der Waals surface area contributed by atoms with Gasteiger partial charge in [-0.15, -0.1) is 0 Å². The Labute approximate surface area is 849 Å². The van der Waals surface area contributed by atoms with Gasteiger partial charge in [0.1, 0.15) is 45.4 Å². The number of nitrogens with two attached hydrogens (primary N) is 1. The molecule has 0 atom stereocenters. The minimum absolute atomic E-state index is 0. The number of nitriles is 2. The smallest absolute Gasteiger partial charge is 0.477 e. The van der Waals surface area contributed by atoms with E-state index in [1.807, 2.05) is 123 Å². The second kappa shape index (κ2) is 48.9. The van der Waals surface area contributed by atoms with Crippen LogP contribution in [0.25, 0.3) is 88.5 Å². The minimum atomic E-state index is -3.80. The average Bonchev–Trinajstić information content (AvgIpc) is 1.60. The van der Waals surface area contributed by atoms with Crippen LogP contribution >= 0.6 is 31.9 Å². The third-order valence-corrected chi connectivity index (χ3v) is 26.1. The summed E-state index contributed by atoms with van der Waals surface area (Å²) in [6.45, 7) is 4.60. The van der Waals surface area contributed by atoms with Crippen molar-refractivity contribution >= 4 is 149 Å². The number of hydrogen-bond acceptors (Lipinski definition) is 18. The number of aromatic amines is 3. The number of carboxylic acids is 1. The van der Waals surface area contributed by atoms with Gasteiger partial charge in [-0.05, 0) is 260 Å². The maximum Gasteiger partial charge on any atom is 0.488 e. The molecular formula is C104H85AlBBr2F4N16NiO11S2. The van der Waals surface area contributed by atoms with Gasteiger partial charge >= 0.3 is 13.1 Å². The molecule has 0 saturated carbocycles. The predicted molar refractivity (Wildman–Crippen MR) is 546 cm³/mol. The van der Waals surface area contributed by atoms with Crippen LogP contribution in [0.5, 0.6) is 0 Å². The summed E-state index contributed by atoms with van der Waals surface area (Å²) in [5.41, 5.74) is 19.3. The zero-order chi connectivity index (χ0) is 98.6. The first-order valence-corrected chi connectivity index (χ1v) is 46.6. The van der Waals surface area contributed by atoms with Crippen LogP contribution in [-0.2, 0) is 62.7 Å². The zero-order valence-corrected chi connectivity index (χ0v) is 82.5. The van der Waals surface area contributed by atoms with E-state index in [1.165, 1.54) is 78.6 Å². The molecule has 717 valence electrons. The molecule has 0 aliphatic rings. The maximum absolute atomic E-state index is 13.5. The fourth-order valence-corrected chi connectivity index (χ4v) is 18.2. The Hall–Kier alpha value is -15.4. The van der Waals surface area contributed by atoms with Crippen LogP contribution in [0.2, 0.25) is 0 Å². The van der Waals surface area contributed by atoms with E-state index >= 15 is 0 Å². The molecule has 0 aliphatic carbocycles. The number of fused-ring (bicyclic) bond motifs is 5. The molecule has 8 aromatic carbocycles. The van der Waals surface area contributed by atoms with Gasteiger partial charge in [-0.3, -0.25) is 14.4 Å². The van der Waals surface area contributed by atoms with E-state index in [2.05, 4.69) is 101 Å². The van der Waals surface area contributed by atoms with Gasteiger partial charge < -0.3 is 50.3 Å². The molecule has 20 rings (SSSR count). The summed E-state index contributed by atoms with van der Waals surface area (Å²) < 4.78 is 111. The number of rotatable bonds is 17. The van der Waals surface area contributed by atoms with Crippen molar-refractivity contribution in [3.63, 3.8) is 0 Å². The number of carbonyl (C=O) groups is 2. The average molecular weight is 2130 g/mol. The molecule has 12 heterocycles. The van der Waals surface area contributed by atoms with Crippen molar-refractivity contribution in [2.24, 2.45) is 5.73 Å².